The van der Waals surface area contributed by atoms with E-state index in [2.05, 4.69) is 74.5 Å². The zero-order valence-corrected chi connectivity index (χ0v) is 15.8. The maximum atomic E-state index is 2.33. The van der Waals surface area contributed by atoms with Gasteiger partial charge in [-0.05, 0) is 69.4 Å². The van der Waals surface area contributed by atoms with Crippen LogP contribution in [-0.2, 0) is 0 Å². The molecular formula is C24H28. The van der Waals surface area contributed by atoms with Crippen molar-refractivity contribution in [1.82, 2.24) is 0 Å². The van der Waals surface area contributed by atoms with E-state index >= 15 is 0 Å². The molecule has 0 atom stereocenters. The Labute approximate surface area is 146 Å². The Hall–Kier alpha value is -2.34. The third kappa shape index (κ3) is 3.01. The van der Waals surface area contributed by atoms with Gasteiger partial charge in [0.05, 0.1) is 0 Å². The van der Waals surface area contributed by atoms with Crippen LogP contribution in [0.5, 0.6) is 0 Å². The van der Waals surface area contributed by atoms with Crippen LogP contribution in [0.1, 0.15) is 38.8 Å². The lowest BCUT2D eigenvalue weighted by Crippen LogP contribution is -1.88. The molecule has 0 amide bonds. The first kappa shape index (κ1) is 18.0. The highest BCUT2D eigenvalue weighted by Crippen LogP contribution is 2.34. The highest BCUT2D eigenvalue weighted by atomic mass is 14.1. The predicted octanol–water partition coefficient (Wildman–Crippen LogP) is 7.82. The van der Waals surface area contributed by atoms with E-state index in [-0.39, 0.29) is 0 Å². The standard InChI is InChI=1S/C20H16.2C2H6/c1-13-17-9-5-6-10-18(17)14(2)20-12-16-8-4-3-7-15(16)11-19(13)20;2*1-2/h3-12H,1-2H3;2*1-2H3. The fraction of sp³-hybridized carbons (Fsp3) is 0.250. The summed E-state index contributed by atoms with van der Waals surface area (Å²) >= 11 is 0. The zero-order chi connectivity index (χ0) is 17.7. The quantitative estimate of drug-likeness (QED) is 0.290. The third-order valence-electron chi connectivity index (χ3n) is 4.43. The molecular weight excluding hydrogens is 288 g/mol. The highest BCUT2D eigenvalue weighted by molar-refractivity contribution is 6.09. The average molecular weight is 316 g/mol. The normalized spacial score (nSPS) is 10.1. The van der Waals surface area contributed by atoms with E-state index in [0.717, 1.165) is 0 Å². The van der Waals surface area contributed by atoms with Gasteiger partial charge in [-0.25, -0.2) is 0 Å². The summed E-state index contributed by atoms with van der Waals surface area (Å²) in [6.07, 6.45) is 0. The van der Waals surface area contributed by atoms with Gasteiger partial charge in [0.1, 0.15) is 0 Å². The molecule has 0 aliphatic carbocycles. The molecule has 0 aliphatic rings. The third-order valence-corrected chi connectivity index (χ3v) is 4.43. The van der Waals surface area contributed by atoms with Crippen LogP contribution in [0.4, 0.5) is 0 Å². The van der Waals surface area contributed by atoms with Gasteiger partial charge in [0.25, 0.3) is 0 Å². The molecule has 4 rings (SSSR count). The summed E-state index contributed by atoms with van der Waals surface area (Å²) in [5.41, 5.74) is 2.76. The van der Waals surface area contributed by atoms with Crippen molar-refractivity contribution in [2.45, 2.75) is 41.5 Å². The maximum Gasteiger partial charge on any atom is -0.0139 e. The van der Waals surface area contributed by atoms with Crippen molar-refractivity contribution in [2.24, 2.45) is 0 Å². The first-order valence-corrected chi connectivity index (χ1v) is 9.06. The van der Waals surface area contributed by atoms with Gasteiger partial charge in [-0.3, -0.25) is 0 Å². The molecule has 0 fully saturated rings. The van der Waals surface area contributed by atoms with E-state index in [9.17, 15) is 0 Å². The van der Waals surface area contributed by atoms with Crippen molar-refractivity contribution >= 4 is 32.3 Å². The summed E-state index contributed by atoms with van der Waals surface area (Å²) in [6.45, 7) is 12.5. The SMILES string of the molecule is CC.CC.Cc1c2ccccc2c(C)c2cc3ccccc3cc12. The number of benzene rings is 4. The minimum absolute atomic E-state index is 1.32. The molecule has 0 heteroatoms. The van der Waals surface area contributed by atoms with Crippen molar-refractivity contribution < 1.29 is 0 Å². The molecule has 0 spiro atoms. The lowest BCUT2D eigenvalue weighted by Gasteiger charge is -2.13. The van der Waals surface area contributed by atoms with Gasteiger partial charge in [-0.1, -0.05) is 76.2 Å². The lowest BCUT2D eigenvalue weighted by atomic mass is 9.91. The van der Waals surface area contributed by atoms with Crippen molar-refractivity contribution in [3.63, 3.8) is 0 Å². The Balaban J connectivity index is 0.000000487. The van der Waals surface area contributed by atoms with Crippen LogP contribution in [0, 0.1) is 13.8 Å². The van der Waals surface area contributed by atoms with Gasteiger partial charge >= 0.3 is 0 Å². The van der Waals surface area contributed by atoms with Crippen LogP contribution < -0.4 is 0 Å². The molecule has 0 saturated heterocycles. The van der Waals surface area contributed by atoms with Crippen molar-refractivity contribution in [3.8, 4) is 0 Å². The van der Waals surface area contributed by atoms with Gasteiger partial charge in [0.2, 0.25) is 0 Å². The fourth-order valence-corrected chi connectivity index (χ4v) is 3.29. The van der Waals surface area contributed by atoms with Gasteiger partial charge in [0, 0.05) is 0 Å². The number of rotatable bonds is 0. The van der Waals surface area contributed by atoms with E-state index in [1.54, 1.807) is 0 Å². The van der Waals surface area contributed by atoms with E-state index in [1.165, 1.54) is 43.4 Å². The second-order valence-electron chi connectivity index (χ2n) is 5.54. The van der Waals surface area contributed by atoms with Gasteiger partial charge in [-0.2, -0.15) is 0 Å². The minimum atomic E-state index is 1.32. The first-order chi connectivity index (χ1) is 11.8. The molecule has 0 nitrogen and oxygen atoms in total. The summed E-state index contributed by atoms with van der Waals surface area (Å²) in [6, 6.07) is 22.0. The topological polar surface area (TPSA) is 0 Å². The lowest BCUT2D eigenvalue weighted by molar-refractivity contribution is 1.50. The number of hydrogen-bond acceptors (Lipinski definition) is 0. The number of hydrogen-bond donors (Lipinski definition) is 0. The summed E-state index contributed by atoms with van der Waals surface area (Å²) in [5, 5.41) is 8.12. The van der Waals surface area contributed by atoms with E-state index < -0.39 is 0 Å². The Kier molecular flexibility index (Phi) is 5.98. The van der Waals surface area contributed by atoms with Gasteiger partial charge < -0.3 is 0 Å². The zero-order valence-electron chi connectivity index (χ0n) is 15.8. The molecule has 0 bridgehead atoms. The minimum Gasteiger partial charge on any atom is -0.0683 e. The molecule has 0 aromatic heterocycles. The smallest absolute Gasteiger partial charge is 0.0139 e. The highest BCUT2D eigenvalue weighted by Gasteiger charge is 2.09. The second kappa shape index (κ2) is 7.97. The molecule has 4 aromatic rings. The van der Waals surface area contributed by atoms with Gasteiger partial charge in [-0.15, -0.1) is 0 Å². The number of fused-ring (bicyclic) bond motifs is 3. The Morgan fingerprint density at radius 3 is 1.17 bits per heavy atom. The summed E-state index contributed by atoms with van der Waals surface area (Å²) in [5.74, 6) is 0. The van der Waals surface area contributed by atoms with Crippen LogP contribution in [-0.4, -0.2) is 0 Å². The van der Waals surface area contributed by atoms with E-state index in [0.29, 0.717) is 0 Å². The van der Waals surface area contributed by atoms with Crippen molar-refractivity contribution in [3.05, 3.63) is 71.8 Å². The molecule has 0 N–H and O–H groups in total. The van der Waals surface area contributed by atoms with E-state index in [1.807, 2.05) is 27.7 Å². The van der Waals surface area contributed by atoms with E-state index in [4.69, 9.17) is 0 Å². The maximum absolute atomic E-state index is 2.33. The van der Waals surface area contributed by atoms with Crippen LogP contribution >= 0.6 is 0 Å². The molecule has 0 aliphatic heterocycles. The largest absolute Gasteiger partial charge is 0.0683 e. The summed E-state index contributed by atoms with van der Waals surface area (Å²) in [7, 11) is 0. The average Bonchev–Trinajstić information content (AvgIpc) is 2.68. The summed E-state index contributed by atoms with van der Waals surface area (Å²) in [4.78, 5) is 0. The second-order valence-corrected chi connectivity index (χ2v) is 5.54. The molecule has 0 saturated carbocycles. The molecule has 0 radical (unpaired) electrons. The molecule has 124 valence electrons. The van der Waals surface area contributed by atoms with Crippen molar-refractivity contribution in [1.29, 1.82) is 0 Å². The van der Waals surface area contributed by atoms with Crippen LogP contribution in [0.2, 0.25) is 0 Å². The first-order valence-electron chi connectivity index (χ1n) is 9.06. The van der Waals surface area contributed by atoms with Crippen LogP contribution in [0.3, 0.4) is 0 Å². The Morgan fingerprint density at radius 1 is 0.458 bits per heavy atom. The summed E-state index contributed by atoms with van der Waals surface area (Å²) < 4.78 is 0. The van der Waals surface area contributed by atoms with Crippen LogP contribution in [0.15, 0.2) is 60.7 Å². The van der Waals surface area contributed by atoms with Crippen molar-refractivity contribution in [2.75, 3.05) is 0 Å². The molecule has 0 heterocycles. The Morgan fingerprint density at radius 2 is 0.792 bits per heavy atom. The molecule has 4 aromatic carbocycles. The predicted molar refractivity (Wildman–Crippen MR) is 111 cm³/mol. The van der Waals surface area contributed by atoms with Crippen LogP contribution in [0.25, 0.3) is 32.3 Å². The fourth-order valence-electron chi connectivity index (χ4n) is 3.29. The molecule has 0 unspecified atom stereocenters. The number of aryl methyl sites for hydroxylation is 2. The molecule has 24 heavy (non-hydrogen) atoms. The Bertz CT molecular complexity index is 882. The monoisotopic (exact) mass is 316 g/mol. The van der Waals surface area contributed by atoms with Gasteiger partial charge in [0.15, 0.2) is 0 Å².